The number of hydrogen-bond donors (Lipinski definition) is 0. The molecule has 0 aromatic carbocycles. The Morgan fingerprint density at radius 3 is 2.94 bits per heavy atom. The molecule has 88 valence electrons. The zero-order chi connectivity index (χ0) is 11.4. The Morgan fingerprint density at radius 1 is 1.31 bits per heavy atom. The first-order valence-corrected chi connectivity index (χ1v) is 7.79. The number of hydrogen-bond acceptors (Lipinski definition) is 4. The SMILES string of the molecule is O=S(=O)(c1cccnc1)N1CCCSCC1. The van der Waals surface area contributed by atoms with E-state index < -0.39 is 10.0 Å². The van der Waals surface area contributed by atoms with Crippen LogP contribution in [-0.2, 0) is 10.0 Å². The summed E-state index contributed by atoms with van der Waals surface area (Å²) in [5.41, 5.74) is 0. The third-order valence-electron chi connectivity index (χ3n) is 2.45. The van der Waals surface area contributed by atoms with E-state index in [0.717, 1.165) is 17.9 Å². The van der Waals surface area contributed by atoms with Crippen molar-refractivity contribution in [1.29, 1.82) is 0 Å². The van der Waals surface area contributed by atoms with Crippen molar-refractivity contribution in [2.24, 2.45) is 0 Å². The largest absolute Gasteiger partial charge is 0.263 e. The molecule has 2 heterocycles. The monoisotopic (exact) mass is 258 g/mol. The van der Waals surface area contributed by atoms with E-state index >= 15 is 0 Å². The first kappa shape index (κ1) is 11.9. The van der Waals surface area contributed by atoms with Gasteiger partial charge < -0.3 is 0 Å². The van der Waals surface area contributed by atoms with Gasteiger partial charge in [-0.1, -0.05) is 0 Å². The average Bonchev–Trinajstić information content (AvgIpc) is 2.59. The molecule has 1 aliphatic heterocycles. The van der Waals surface area contributed by atoms with Crippen LogP contribution in [0.2, 0.25) is 0 Å². The van der Waals surface area contributed by atoms with Crippen molar-refractivity contribution in [1.82, 2.24) is 9.29 Å². The minimum absolute atomic E-state index is 0.293. The molecule has 1 aromatic heterocycles. The van der Waals surface area contributed by atoms with Crippen molar-refractivity contribution in [2.75, 3.05) is 24.6 Å². The minimum atomic E-state index is -3.33. The molecule has 1 aromatic rings. The van der Waals surface area contributed by atoms with Crippen LogP contribution in [0.5, 0.6) is 0 Å². The van der Waals surface area contributed by atoms with E-state index in [0.29, 0.717) is 18.0 Å². The fourth-order valence-electron chi connectivity index (χ4n) is 1.61. The standard InChI is InChI=1S/C10H14N2O2S2/c13-16(14,10-3-1-4-11-9-10)12-5-2-7-15-8-6-12/h1,3-4,9H,2,5-8H2. The van der Waals surface area contributed by atoms with Gasteiger partial charge in [0.25, 0.3) is 0 Å². The van der Waals surface area contributed by atoms with Gasteiger partial charge in [0.2, 0.25) is 10.0 Å². The van der Waals surface area contributed by atoms with Crippen molar-refractivity contribution in [3.63, 3.8) is 0 Å². The van der Waals surface area contributed by atoms with Gasteiger partial charge >= 0.3 is 0 Å². The lowest BCUT2D eigenvalue weighted by Crippen LogP contribution is -2.33. The second kappa shape index (κ2) is 5.16. The van der Waals surface area contributed by atoms with E-state index in [9.17, 15) is 8.42 Å². The predicted octanol–water partition coefficient (Wildman–Crippen LogP) is 1.21. The Labute approximate surface area is 100 Å². The third-order valence-corrected chi connectivity index (χ3v) is 5.38. The van der Waals surface area contributed by atoms with Crippen molar-refractivity contribution in [3.05, 3.63) is 24.5 Å². The maximum absolute atomic E-state index is 12.2. The molecule has 1 fully saturated rings. The molecule has 1 aliphatic rings. The van der Waals surface area contributed by atoms with Gasteiger partial charge in [0, 0.05) is 31.2 Å². The van der Waals surface area contributed by atoms with Crippen LogP contribution in [-0.4, -0.2) is 42.3 Å². The average molecular weight is 258 g/mol. The summed E-state index contributed by atoms with van der Waals surface area (Å²) in [6.45, 7) is 1.21. The first-order valence-electron chi connectivity index (χ1n) is 5.19. The molecular weight excluding hydrogens is 244 g/mol. The van der Waals surface area contributed by atoms with Crippen molar-refractivity contribution in [2.45, 2.75) is 11.3 Å². The fraction of sp³-hybridized carbons (Fsp3) is 0.500. The summed E-state index contributed by atoms with van der Waals surface area (Å²) >= 11 is 1.81. The summed E-state index contributed by atoms with van der Waals surface area (Å²) in [6.07, 6.45) is 3.91. The fourth-order valence-corrected chi connectivity index (χ4v) is 4.06. The van der Waals surface area contributed by atoms with Gasteiger partial charge in [0.1, 0.15) is 4.90 Å². The van der Waals surface area contributed by atoms with Crippen LogP contribution in [0.25, 0.3) is 0 Å². The molecule has 4 nitrogen and oxygen atoms in total. The Balaban J connectivity index is 2.24. The van der Waals surface area contributed by atoms with E-state index in [1.165, 1.54) is 6.20 Å². The maximum Gasteiger partial charge on any atom is 0.244 e. The van der Waals surface area contributed by atoms with Crippen LogP contribution in [0, 0.1) is 0 Å². The van der Waals surface area contributed by atoms with E-state index in [2.05, 4.69) is 4.98 Å². The van der Waals surface area contributed by atoms with Crippen LogP contribution < -0.4 is 0 Å². The zero-order valence-corrected chi connectivity index (χ0v) is 10.5. The Hall–Kier alpha value is -0.590. The summed E-state index contributed by atoms with van der Waals surface area (Å²) in [5, 5.41) is 0. The highest BCUT2D eigenvalue weighted by molar-refractivity contribution is 7.99. The van der Waals surface area contributed by atoms with Crippen molar-refractivity contribution >= 4 is 21.8 Å². The molecule has 16 heavy (non-hydrogen) atoms. The number of sulfonamides is 1. The van der Waals surface area contributed by atoms with Crippen LogP contribution in [0.15, 0.2) is 29.4 Å². The van der Waals surface area contributed by atoms with Gasteiger partial charge in [0.05, 0.1) is 0 Å². The van der Waals surface area contributed by atoms with Crippen LogP contribution >= 0.6 is 11.8 Å². The van der Waals surface area contributed by atoms with Crippen LogP contribution in [0.1, 0.15) is 6.42 Å². The second-order valence-corrected chi connectivity index (χ2v) is 6.72. The molecule has 0 saturated carbocycles. The molecule has 0 unspecified atom stereocenters. The third kappa shape index (κ3) is 2.56. The van der Waals surface area contributed by atoms with Gasteiger partial charge in [-0.05, 0) is 24.3 Å². The Bertz CT molecular complexity index is 425. The van der Waals surface area contributed by atoms with E-state index in [1.807, 2.05) is 11.8 Å². The lowest BCUT2D eigenvalue weighted by Gasteiger charge is -2.19. The van der Waals surface area contributed by atoms with Gasteiger partial charge in [0.15, 0.2) is 0 Å². The lowest BCUT2D eigenvalue weighted by molar-refractivity contribution is 0.435. The number of thioether (sulfide) groups is 1. The lowest BCUT2D eigenvalue weighted by atomic mass is 10.5. The minimum Gasteiger partial charge on any atom is -0.263 e. The normalized spacial score (nSPS) is 19.2. The molecule has 0 N–H and O–H groups in total. The molecule has 0 atom stereocenters. The smallest absolute Gasteiger partial charge is 0.244 e. The molecule has 2 rings (SSSR count). The number of pyridine rings is 1. The molecule has 0 spiro atoms. The second-order valence-electron chi connectivity index (χ2n) is 3.56. The quantitative estimate of drug-likeness (QED) is 0.800. The molecule has 0 aliphatic carbocycles. The van der Waals surface area contributed by atoms with Gasteiger partial charge in [-0.25, -0.2) is 8.42 Å². The highest BCUT2D eigenvalue weighted by Crippen LogP contribution is 2.18. The topological polar surface area (TPSA) is 50.3 Å². The highest BCUT2D eigenvalue weighted by Gasteiger charge is 2.24. The number of nitrogens with zero attached hydrogens (tertiary/aromatic N) is 2. The molecule has 1 saturated heterocycles. The van der Waals surface area contributed by atoms with Crippen molar-refractivity contribution in [3.8, 4) is 0 Å². The molecular formula is C10H14N2O2S2. The summed E-state index contributed by atoms with van der Waals surface area (Å²) in [5.74, 6) is 1.92. The van der Waals surface area contributed by atoms with Crippen LogP contribution in [0.3, 0.4) is 0 Å². The summed E-state index contributed by atoms with van der Waals surface area (Å²) < 4.78 is 26.0. The molecule has 0 amide bonds. The summed E-state index contributed by atoms with van der Waals surface area (Å²) in [4.78, 5) is 4.15. The Morgan fingerprint density at radius 2 is 2.19 bits per heavy atom. The molecule has 0 radical (unpaired) electrons. The van der Waals surface area contributed by atoms with Crippen LogP contribution in [0.4, 0.5) is 0 Å². The highest BCUT2D eigenvalue weighted by atomic mass is 32.2. The predicted molar refractivity (Wildman–Crippen MR) is 64.9 cm³/mol. The van der Waals surface area contributed by atoms with Crippen molar-refractivity contribution < 1.29 is 8.42 Å². The van der Waals surface area contributed by atoms with E-state index in [1.54, 1.807) is 22.6 Å². The number of rotatable bonds is 2. The van der Waals surface area contributed by atoms with Gasteiger partial charge in [-0.3, -0.25) is 4.98 Å². The molecule has 6 heteroatoms. The summed E-state index contributed by atoms with van der Waals surface area (Å²) in [6, 6.07) is 3.25. The molecule has 0 bridgehead atoms. The van der Waals surface area contributed by atoms with Gasteiger partial charge in [-0.2, -0.15) is 16.1 Å². The maximum atomic E-state index is 12.2. The van der Waals surface area contributed by atoms with E-state index in [-0.39, 0.29) is 0 Å². The van der Waals surface area contributed by atoms with E-state index in [4.69, 9.17) is 0 Å². The zero-order valence-electron chi connectivity index (χ0n) is 8.87. The Kier molecular flexibility index (Phi) is 3.83. The number of aromatic nitrogens is 1. The van der Waals surface area contributed by atoms with Gasteiger partial charge in [-0.15, -0.1) is 0 Å². The summed E-state index contributed by atoms with van der Waals surface area (Å²) in [7, 11) is -3.33. The first-order chi connectivity index (χ1) is 7.71.